The van der Waals surface area contributed by atoms with Gasteiger partial charge in [-0.3, -0.25) is 0 Å². The summed E-state index contributed by atoms with van der Waals surface area (Å²) in [5.74, 6) is 0.663. The summed E-state index contributed by atoms with van der Waals surface area (Å²) in [5.41, 5.74) is 1.39. The van der Waals surface area contributed by atoms with Gasteiger partial charge in [0.05, 0.1) is 0 Å². The van der Waals surface area contributed by atoms with Crippen LogP contribution in [0.15, 0.2) is 11.6 Å². The zero-order chi connectivity index (χ0) is 15.6. The van der Waals surface area contributed by atoms with Gasteiger partial charge in [-0.15, -0.1) is 0 Å². The summed E-state index contributed by atoms with van der Waals surface area (Å²) < 4.78 is 5.31. The minimum absolute atomic E-state index is 0.329. The third-order valence-electron chi connectivity index (χ3n) is 3.12. The smallest absolute Gasteiger partial charge is 0.0465 e. The Labute approximate surface area is 127 Å². The summed E-state index contributed by atoms with van der Waals surface area (Å²) in [5, 5.41) is 8.63. The maximum atomic E-state index is 8.63. The van der Waals surface area contributed by atoms with E-state index in [1.165, 1.54) is 37.7 Å². The molecule has 0 heterocycles. The Morgan fingerprint density at radius 2 is 1.60 bits per heavy atom. The van der Waals surface area contributed by atoms with Crippen molar-refractivity contribution in [2.75, 3.05) is 19.8 Å². The average Bonchev–Trinajstić information content (AvgIpc) is 2.39. The topological polar surface area (TPSA) is 29.5 Å². The lowest BCUT2D eigenvalue weighted by Gasteiger charge is -2.06. The zero-order valence-corrected chi connectivity index (χ0v) is 14.6. The van der Waals surface area contributed by atoms with E-state index in [1.54, 1.807) is 0 Å². The van der Waals surface area contributed by atoms with Crippen molar-refractivity contribution in [3.63, 3.8) is 0 Å². The van der Waals surface area contributed by atoms with E-state index in [-0.39, 0.29) is 0 Å². The molecule has 0 aromatic heterocycles. The predicted molar refractivity (Wildman–Crippen MR) is 90.2 cm³/mol. The molecule has 0 aromatic carbocycles. The molecule has 0 aromatic rings. The molecule has 122 valence electrons. The number of rotatable bonds is 11. The molecule has 0 aliphatic carbocycles. The van der Waals surface area contributed by atoms with Crippen LogP contribution in [0.4, 0.5) is 0 Å². The Morgan fingerprint density at radius 3 is 2.00 bits per heavy atom. The van der Waals surface area contributed by atoms with E-state index >= 15 is 0 Å². The van der Waals surface area contributed by atoms with E-state index in [4.69, 9.17) is 9.84 Å². The number of aliphatic hydroxyl groups excluding tert-OH is 1. The number of aliphatic hydroxyl groups is 1. The van der Waals surface area contributed by atoms with Gasteiger partial charge in [0.15, 0.2) is 0 Å². The first-order valence-electron chi connectivity index (χ1n) is 8.40. The molecule has 0 amide bonds. The van der Waals surface area contributed by atoms with Gasteiger partial charge in [0.2, 0.25) is 0 Å². The first kappa shape index (κ1) is 21.9. The van der Waals surface area contributed by atoms with Crippen LogP contribution in [-0.2, 0) is 4.74 Å². The van der Waals surface area contributed by atoms with Crippen LogP contribution in [0.3, 0.4) is 0 Å². The SMILES string of the molecule is CC(C)=CCCC(C)CCO.CCCCOCCCC. The molecular weight excluding hydrogens is 248 g/mol. The molecule has 0 saturated carbocycles. The Hall–Kier alpha value is -0.340. The normalized spacial score (nSPS) is 11.5. The van der Waals surface area contributed by atoms with Gasteiger partial charge in [-0.2, -0.15) is 0 Å². The number of ether oxygens (including phenoxy) is 1. The monoisotopic (exact) mass is 286 g/mol. The lowest BCUT2D eigenvalue weighted by molar-refractivity contribution is 0.128. The van der Waals surface area contributed by atoms with Gasteiger partial charge in [-0.25, -0.2) is 0 Å². The highest BCUT2D eigenvalue weighted by Crippen LogP contribution is 2.10. The average molecular weight is 286 g/mol. The van der Waals surface area contributed by atoms with Gasteiger partial charge in [-0.1, -0.05) is 45.3 Å². The van der Waals surface area contributed by atoms with Gasteiger partial charge in [0, 0.05) is 19.8 Å². The second-order valence-electron chi connectivity index (χ2n) is 5.80. The van der Waals surface area contributed by atoms with Crippen LogP contribution in [0.25, 0.3) is 0 Å². The highest BCUT2D eigenvalue weighted by atomic mass is 16.5. The van der Waals surface area contributed by atoms with E-state index in [2.05, 4.69) is 40.7 Å². The van der Waals surface area contributed by atoms with Crippen LogP contribution in [0.2, 0.25) is 0 Å². The second kappa shape index (κ2) is 18.7. The second-order valence-corrected chi connectivity index (χ2v) is 5.80. The molecule has 2 heteroatoms. The van der Waals surface area contributed by atoms with Crippen molar-refractivity contribution < 1.29 is 9.84 Å². The fourth-order valence-corrected chi connectivity index (χ4v) is 1.62. The van der Waals surface area contributed by atoms with Crippen LogP contribution >= 0.6 is 0 Å². The molecule has 1 atom stereocenters. The van der Waals surface area contributed by atoms with Crippen molar-refractivity contribution in [1.82, 2.24) is 0 Å². The third-order valence-corrected chi connectivity index (χ3v) is 3.12. The van der Waals surface area contributed by atoms with E-state index in [1.807, 2.05) is 0 Å². The first-order valence-corrected chi connectivity index (χ1v) is 8.40. The van der Waals surface area contributed by atoms with Gasteiger partial charge in [-0.05, 0) is 51.9 Å². The molecule has 1 N–H and O–H groups in total. The standard InChI is InChI=1S/C10H20O.C8H18O/c1-9(2)5-4-6-10(3)7-8-11;1-3-5-7-9-8-6-4-2/h5,10-11H,4,6-8H2,1-3H3;3-8H2,1-2H3. The van der Waals surface area contributed by atoms with Crippen molar-refractivity contribution in [2.45, 2.75) is 79.6 Å². The van der Waals surface area contributed by atoms with Crippen molar-refractivity contribution in [3.8, 4) is 0 Å². The third kappa shape index (κ3) is 22.8. The molecule has 0 radical (unpaired) electrons. The number of unbranched alkanes of at least 4 members (excludes halogenated alkanes) is 2. The summed E-state index contributed by atoms with van der Waals surface area (Å²) in [6, 6.07) is 0. The molecular formula is C18H38O2. The highest BCUT2D eigenvalue weighted by Gasteiger charge is 1.98. The molecule has 0 fully saturated rings. The summed E-state index contributed by atoms with van der Waals surface area (Å²) in [4.78, 5) is 0. The highest BCUT2D eigenvalue weighted by molar-refractivity contribution is 4.92. The van der Waals surface area contributed by atoms with Crippen LogP contribution in [-0.4, -0.2) is 24.9 Å². The summed E-state index contributed by atoms with van der Waals surface area (Å²) in [6.45, 7) is 13.0. The summed E-state index contributed by atoms with van der Waals surface area (Å²) in [6.07, 6.45) is 10.5. The van der Waals surface area contributed by atoms with E-state index < -0.39 is 0 Å². The number of hydrogen-bond acceptors (Lipinski definition) is 2. The fraction of sp³-hybridized carbons (Fsp3) is 0.889. The Balaban J connectivity index is 0. The van der Waals surface area contributed by atoms with Crippen molar-refractivity contribution >= 4 is 0 Å². The van der Waals surface area contributed by atoms with Gasteiger partial charge in [0.25, 0.3) is 0 Å². The van der Waals surface area contributed by atoms with Crippen LogP contribution < -0.4 is 0 Å². The molecule has 1 unspecified atom stereocenters. The largest absolute Gasteiger partial charge is 0.396 e. The quantitative estimate of drug-likeness (QED) is 0.409. The molecule has 2 nitrogen and oxygen atoms in total. The van der Waals surface area contributed by atoms with Gasteiger partial charge in [0.1, 0.15) is 0 Å². The minimum atomic E-state index is 0.329. The van der Waals surface area contributed by atoms with Gasteiger partial charge < -0.3 is 9.84 Å². The van der Waals surface area contributed by atoms with Crippen LogP contribution in [0, 0.1) is 5.92 Å². The molecule has 20 heavy (non-hydrogen) atoms. The molecule has 0 saturated heterocycles. The molecule has 0 spiro atoms. The molecule has 0 aliphatic heterocycles. The van der Waals surface area contributed by atoms with Crippen molar-refractivity contribution in [1.29, 1.82) is 0 Å². The fourth-order valence-electron chi connectivity index (χ4n) is 1.62. The lowest BCUT2D eigenvalue weighted by atomic mass is 10.0. The van der Waals surface area contributed by atoms with Crippen molar-refractivity contribution in [2.24, 2.45) is 5.92 Å². The maximum absolute atomic E-state index is 8.63. The maximum Gasteiger partial charge on any atom is 0.0465 e. The van der Waals surface area contributed by atoms with E-state index in [0.717, 1.165) is 26.1 Å². The number of allylic oxidation sites excluding steroid dienone is 2. The zero-order valence-electron chi connectivity index (χ0n) is 14.6. The minimum Gasteiger partial charge on any atom is -0.396 e. The summed E-state index contributed by atoms with van der Waals surface area (Å²) in [7, 11) is 0. The van der Waals surface area contributed by atoms with Gasteiger partial charge >= 0.3 is 0 Å². The molecule has 0 rings (SSSR count). The summed E-state index contributed by atoms with van der Waals surface area (Å²) >= 11 is 0. The number of hydrogen-bond donors (Lipinski definition) is 1. The molecule has 0 aliphatic rings. The van der Waals surface area contributed by atoms with Crippen molar-refractivity contribution in [3.05, 3.63) is 11.6 Å². The first-order chi connectivity index (χ1) is 9.58. The van der Waals surface area contributed by atoms with E-state index in [0.29, 0.717) is 12.5 Å². The Morgan fingerprint density at radius 1 is 1.05 bits per heavy atom. The Kier molecular flexibility index (Phi) is 20.5. The predicted octanol–water partition coefficient (Wildman–Crippen LogP) is 5.35. The lowest BCUT2D eigenvalue weighted by Crippen LogP contribution is -1.96. The van der Waals surface area contributed by atoms with Crippen LogP contribution in [0.5, 0.6) is 0 Å². The Bertz CT molecular complexity index is 190. The molecule has 0 bridgehead atoms. The van der Waals surface area contributed by atoms with E-state index in [9.17, 15) is 0 Å². The van der Waals surface area contributed by atoms with Crippen LogP contribution in [0.1, 0.15) is 79.6 Å².